The standard InChI is InChI=1S/C13H15Cl2N3O/c1-19-13(3-2-4-13)8-18-11(6-14)17-10-5-9(15)7-16-12(10)18/h5,7H,2-4,6,8H2,1H3. The zero-order valence-electron chi connectivity index (χ0n) is 10.7. The van der Waals surface area contributed by atoms with E-state index >= 15 is 0 Å². The Bertz CT molecular complexity index is 602. The van der Waals surface area contributed by atoms with E-state index in [1.54, 1.807) is 13.3 Å². The quantitative estimate of drug-likeness (QED) is 0.813. The van der Waals surface area contributed by atoms with Gasteiger partial charge < -0.3 is 9.30 Å². The minimum absolute atomic E-state index is 0.0875. The van der Waals surface area contributed by atoms with Crippen LogP contribution in [0.15, 0.2) is 12.3 Å². The van der Waals surface area contributed by atoms with Crippen molar-refractivity contribution in [3.63, 3.8) is 0 Å². The molecule has 0 aromatic carbocycles. The van der Waals surface area contributed by atoms with Crippen LogP contribution < -0.4 is 0 Å². The summed E-state index contributed by atoms with van der Waals surface area (Å²) in [6.07, 6.45) is 4.98. The average molecular weight is 300 g/mol. The molecule has 0 atom stereocenters. The molecule has 0 spiro atoms. The van der Waals surface area contributed by atoms with E-state index in [-0.39, 0.29) is 5.60 Å². The third kappa shape index (κ3) is 2.22. The number of methoxy groups -OCH3 is 1. The van der Waals surface area contributed by atoms with Gasteiger partial charge in [-0.1, -0.05) is 11.6 Å². The van der Waals surface area contributed by atoms with E-state index in [1.807, 2.05) is 6.07 Å². The van der Waals surface area contributed by atoms with Crippen molar-refractivity contribution < 1.29 is 4.74 Å². The molecule has 0 amide bonds. The molecule has 1 saturated carbocycles. The van der Waals surface area contributed by atoms with Gasteiger partial charge in [-0.15, -0.1) is 11.6 Å². The number of imidazole rings is 1. The van der Waals surface area contributed by atoms with Crippen LogP contribution in [0.2, 0.25) is 5.02 Å². The second kappa shape index (κ2) is 4.93. The highest BCUT2D eigenvalue weighted by Crippen LogP contribution is 2.37. The summed E-state index contributed by atoms with van der Waals surface area (Å²) in [4.78, 5) is 8.88. The van der Waals surface area contributed by atoms with Gasteiger partial charge in [-0.25, -0.2) is 9.97 Å². The summed E-state index contributed by atoms with van der Waals surface area (Å²) >= 11 is 11.9. The van der Waals surface area contributed by atoms with Crippen molar-refractivity contribution in [3.05, 3.63) is 23.1 Å². The lowest BCUT2D eigenvalue weighted by Crippen LogP contribution is -2.43. The molecule has 4 nitrogen and oxygen atoms in total. The summed E-state index contributed by atoms with van der Waals surface area (Å²) in [6.45, 7) is 0.747. The van der Waals surface area contributed by atoms with Crippen molar-refractivity contribution in [3.8, 4) is 0 Å². The minimum Gasteiger partial charge on any atom is -0.376 e. The summed E-state index contributed by atoms with van der Waals surface area (Å²) in [5.41, 5.74) is 1.52. The lowest BCUT2D eigenvalue weighted by atomic mass is 9.80. The molecular formula is C13H15Cl2N3O. The van der Waals surface area contributed by atoms with Crippen molar-refractivity contribution in [2.75, 3.05) is 7.11 Å². The van der Waals surface area contributed by atoms with Crippen LogP contribution in [0, 0.1) is 0 Å². The molecule has 1 aliphatic rings. The number of fused-ring (bicyclic) bond motifs is 1. The van der Waals surface area contributed by atoms with Gasteiger partial charge in [0.15, 0.2) is 5.65 Å². The first kappa shape index (κ1) is 13.2. The Balaban J connectivity index is 2.05. The number of halogens is 2. The number of hydrogen-bond acceptors (Lipinski definition) is 3. The maximum atomic E-state index is 5.99. The van der Waals surface area contributed by atoms with E-state index in [0.29, 0.717) is 10.9 Å². The fraction of sp³-hybridized carbons (Fsp3) is 0.538. The molecule has 3 rings (SSSR count). The number of pyridine rings is 1. The Hall–Kier alpha value is -0.840. The van der Waals surface area contributed by atoms with Gasteiger partial charge in [0.1, 0.15) is 11.3 Å². The molecule has 1 fully saturated rings. The van der Waals surface area contributed by atoms with Crippen molar-refractivity contribution in [1.29, 1.82) is 0 Å². The fourth-order valence-corrected chi connectivity index (χ4v) is 2.94. The largest absolute Gasteiger partial charge is 0.376 e. The van der Waals surface area contributed by atoms with Gasteiger partial charge in [0.25, 0.3) is 0 Å². The van der Waals surface area contributed by atoms with Gasteiger partial charge >= 0.3 is 0 Å². The smallest absolute Gasteiger partial charge is 0.160 e. The molecule has 1 aliphatic carbocycles. The summed E-state index contributed by atoms with van der Waals surface area (Å²) in [5, 5.41) is 0.586. The van der Waals surface area contributed by atoms with E-state index in [9.17, 15) is 0 Å². The molecule has 0 aliphatic heterocycles. The molecule has 2 aromatic rings. The van der Waals surface area contributed by atoms with Crippen LogP contribution in [0.5, 0.6) is 0 Å². The van der Waals surface area contributed by atoms with E-state index in [1.165, 1.54) is 6.42 Å². The number of alkyl halides is 1. The van der Waals surface area contributed by atoms with Gasteiger partial charge in [0.05, 0.1) is 23.0 Å². The minimum atomic E-state index is -0.0875. The molecule has 2 aromatic heterocycles. The van der Waals surface area contributed by atoms with Crippen LogP contribution in [-0.4, -0.2) is 27.2 Å². The summed E-state index contributed by atoms with van der Waals surface area (Å²) in [5.74, 6) is 1.17. The molecule has 0 unspecified atom stereocenters. The van der Waals surface area contributed by atoms with E-state index in [4.69, 9.17) is 27.9 Å². The highest BCUT2D eigenvalue weighted by molar-refractivity contribution is 6.31. The van der Waals surface area contributed by atoms with E-state index in [2.05, 4.69) is 14.5 Å². The second-order valence-corrected chi connectivity index (χ2v) is 5.69. The zero-order valence-corrected chi connectivity index (χ0v) is 12.2. The number of rotatable bonds is 4. The maximum absolute atomic E-state index is 5.99. The number of hydrogen-bond donors (Lipinski definition) is 0. The normalized spacial score (nSPS) is 17.6. The predicted octanol–water partition coefficient (Wildman–Crippen LogP) is 3.39. The van der Waals surface area contributed by atoms with Crippen LogP contribution in [0.4, 0.5) is 0 Å². The van der Waals surface area contributed by atoms with Gasteiger partial charge in [-0.05, 0) is 25.3 Å². The number of aromatic nitrogens is 3. The third-order valence-corrected chi connectivity index (χ3v) is 4.34. The molecule has 6 heteroatoms. The molecule has 0 N–H and O–H groups in total. The third-order valence-electron chi connectivity index (χ3n) is 3.89. The second-order valence-electron chi connectivity index (χ2n) is 4.98. The lowest BCUT2D eigenvalue weighted by molar-refractivity contribution is -0.0832. The molecule has 0 saturated heterocycles. The van der Waals surface area contributed by atoms with Crippen LogP contribution in [0.1, 0.15) is 25.1 Å². The van der Waals surface area contributed by atoms with Crippen LogP contribution >= 0.6 is 23.2 Å². The summed E-state index contributed by atoms with van der Waals surface area (Å²) in [7, 11) is 1.77. The predicted molar refractivity (Wildman–Crippen MR) is 75.7 cm³/mol. The van der Waals surface area contributed by atoms with Crippen molar-refractivity contribution in [2.24, 2.45) is 0 Å². The fourth-order valence-electron chi connectivity index (χ4n) is 2.59. The highest BCUT2D eigenvalue weighted by atomic mass is 35.5. The van der Waals surface area contributed by atoms with Gasteiger partial charge in [-0.2, -0.15) is 0 Å². The first-order valence-electron chi connectivity index (χ1n) is 6.29. The first-order valence-corrected chi connectivity index (χ1v) is 7.20. The average Bonchev–Trinajstić information content (AvgIpc) is 2.70. The zero-order chi connectivity index (χ0) is 13.5. The number of nitrogens with zero attached hydrogens (tertiary/aromatic N) is 3. The van der Waals surface area contributed by atoms with Crippen molar-refractivity contribution in [1.82, 2.24) is 14.5 Å². The monoisotopic (exact) mass is 299 g/mol. The Morgan fingerprint density at radius 1 is 1.47 bits per heavy atom. The van der Waals surface area contributed by atoms with Crippen molar-refractivity contribution in [2.45, 2.75) is 37.3 Å². The Morgan fingerprint density at radius 2 is 2.26 bits per heavy atom. The van der Waals surface area contributed by atoms with E-state index < -0.39 is 0 Å². The molecule has 102 valence electrons. The summed E-state index contributed by atoms with van der Waals surface area (Å²) in [6, 6.07) is 1.82. The van der Waals surface area contributed by atoms with E-state index in [0.717, 1.165) is 36.4 Å². The molecule has 0 bridgehead atoms. The van der Waals surface area contributed by atoms with Crippen molar-refractivity contribution >= 4 is 34.4 Å². The van der Waals surface area contributed by atoms with Crippen LogP contribution in [0.25, 0.3) is 11.2 Å². The molecular weight excluding hydrogens is 285 g/mol. The lowest BCUT2D eigenvalue weighted by Gasteiger charge is -2.40. The summed E-state index contributed by atoms with van der Waals surface area (Å²) < 4.78 is 7.73. The first-order chi connectivity index (χ1) is 9.17. The van der Waals surface area contributed by atoms with Crippen LogP contribution in [0.3, 0.4) is 0 Å². The molecule has 0 radical (unpaired) electrons. The van der Waals surface area contributed by atoms with Crippen LogP contribution in [-0.2, 0) is 17.2 Å². The number of ether oxygens (including phenoxy) is 1. The Kier molecular flexibility index (Phi) is 3.41. The highest BCUT2D eigenvalue weighted by Gasteiger charge is 2.38. The SMILES string of the molecule is COC1(Cn2c(CCl)nc3cc(Cl)cnc32)CCC1. The maximum Gasteiger partial charge on any atom is 0.160 e. The van der Waals surface area contributed by atoms with Gasteiger partial charge in [0, 0.05) is 13.3 Å². The van der Waals surface area contributed by atoms with Gasteiger partial charge in [0.2, 0.25) is 0 Å². The van der Waals surface area contributed by atoms with Gasteiger partial charge in [-0.3, -0.25) is 0 Å². The topological polar surface area (TPSA) is 39.9 Å². The molecule has 19 heavy (non-hydrogen) atoms. The Labute approximate surface area is 121 Å². The Morgan fingerprint density at radius 3 is 2.84 bits per heavy atom. The molecule has 2 heterocycles.